The van der Waals surface area contributed by atoms with Crippen LogP contribution in [0.25, 0.3) is 11.4 Å². The van der Waals surface area contributed by atoms with Gasteiger partial charge in [0.1, 0.15) is 0 Å². The number of halogens is 1. The highest BCUT2D eigenvalue weighted by atomic mass is 35.5. The summed E-state index contributed by atoms with van der Waals surface area (Å²) in [7, 11) is 0. The fourth-order valence-electron chi connectivity index (χ4n) is 2.53. The number of aryl methyl sites for hydroxylation is 1. The molecule has 2 aromatic carbocycles. The first-order chi connectivity index (χ1) is 12.5. The van der Waals surface area contributed by atoms with Gasteiger partial charge in [0.2, 0.25) is 17.6 Å². The number of para-hydroxylation sites is 2. The average Bonchev–Trinajstić information content (AvgIpc) is 3.11. The van der Waals surface area contributed by atoms with Crippen molar-refractivity contribution in [1.82, 2.24) is 10.1 Å². The third-order valence-corrected chi connectivity index (χ3v) is 4.10. The number of amides is 1. The highest BCUT2D eigenvalue weighted by molar-refractivity contribution is 5.93. The molecular weight excluding hydrogens is 364 g/mol. The van der Waals surface area contributed by atoms with E-state index < -0.39 is 0 Å². The maximum absolute atomic E-state index is 12.1. The number of hydrogen-bond donors (Lipinski definition) is 2. The number of aromatic nitrogens is 2. The van der Waals surface area contributed by atoms with E-state index in [1.165, 1.54) is 5.56 Å². The quantitative estimate of drug-likeness (QED) is 0.611. The van der Waals surface area contributed by atoms with Gasteiger partial charge in [-0.3, -0.25) is 4.79 Å². The van der Waals surface area contributed by atoms with Crippen molar-refractivity contribution >= 4 is 29.7 Å². The maximum Gasteiger partial charge on any atom is 0.227 e. The van der Waals surface area contributed by atoms with Crippen LogP contribution >= 0.6 is 12.4 Å². The normalized spacial score (nSPS) is 10.5. The molecule has 6 nitrogen and oxygen atoms in total. The summed E-state index contributed by atoms with van der Waals surface area (Å²) in [5.74, 6) is 1.29. The molecule has 1 heterocycles. The molecule has 0 aliphatic carbocycles. The minimum Gasteiger partial charge on any atom is -0.397 e. The van der Waals surface area contributed by atoms with Gasteiger partial charge >= 0.3 is 0 Å². The Balaban J connectivity index is 0.00000261. The zero-order valence-electron chi connectivity index (χ0n) is 15.3. The van der Waals surface area contributed by atoms with E-state index in [2.05, 4.69) is 41.4 Å². The molecule has 0 fully saturated rings. The predicted octanol–water partition coefficient (Wildman–Crippen LogP) is 4.44. The summed E-state index contributed by atoms with van der Waals surface area (Å²) >= 11 is 0. The lowest BCUT2D eigenvalue weighted by atomic mass is 10.0. The van der Waals surface area contributed by atoms with Crippen LogP contribution in [-0.4, -0.2) is 16.0 Å². The van der Waals surface area contributed by atoms with Crippen LogP contribution in [0.4, 0.5) is 11.4 Å². The minimum atomic E-state index is -0.149. The second kappa shape index (κ2) is 9.19. The summed E-state index contributed by atoms with van der Waals surface area (Å²) in [4.78, 5) is 16.4. The molecule has 0 radical (unpaired) electrons. The lowest BCUT2D eigenvalue weighted by molar-refractivity contribution is -0.116. The standard InChI is InChI=1S/C20H22N4O2.ClH/c1-13(2)14-7-9-15(10-8-14)20-23-19(26-24-20)12-11-18(25)22-17-6-4-3-5-16(17)21;/h3-10,13H,11-12,21H2,1-2H3,(H,22,25);1H. The van der Waals surface area contributed by atoms with Crippen LogP contribution in [0.3, 0.4) is 0 Å². The van der Waals surface area contributed by atoms with E-state index in [1.54, 1.807) is 12.1 Å². The van der Waals surface area contributed by atoms with E-state index in [0.29, 0.717) is 35.4 Å². The van der Waals surface area contributed by atoms with E-state index in [4.69, 9.17) is 10.3 Å². The topological polar surface area (TPSA) is 94.0 Å². The summed E-state index contributed by atoms with van der Waals surface area (Å²) in [6.07, 6.45) is 0.609. The Hall–Kier alpha value is -2.86. The Bertz CT molecular complexity index is 891. The smallest absolute Gasteiger partial charge is 0.227 e. The molecule has 3 N–H and O–H groups in total. The van der Waals surface area contributed by atoms with Crippen molar-refractivity contribution in [3.63, 3.8) is 0 Å². The number of carbonyl (C=O) groups is 1. The second-order valence-corrected chi connectivity index (χ2v) is 6.42. The second-order valence-electron chi connectivity index (χ2n) is 6.42. The van der Waals surface area contributed by atoms with Gasteiger partial charge in [0.25, 0.3) is 0 Å². The van der Waals surface area contributed by atoms with Crippen LogP contribution in [0.5, 0.6) is 0 Å². The summed E-state index contributed by atoms with van der Waals surface area (Å²) in [6, 6.07) is 15.2. The van der Waals surface area contributed by atoms with Gasteiger partial charge in [-0.15, -0.1) is 12.4 Å². The molecule has 0 bridgehead atoms. The number of hydrogen-bond acceptors (Lipinski definition) is 5. The van der Waals surface area contributed by atoms with Crippen LogP contribution < -0.4 is 11.1 Å². The van der Waals surface area contributed by atoms with E-state index in [9.17, 15) is 4.79 Å². The largest absolute Gasteiger partial charge is 0.397 e. The molecule has 1 aromatic heterocycles. The van der Waals surface area contributed by atoms with Gasteiger partial charge in [-0.2, -0.15) is 4.98 Å². The van der Waals surface area contributed by atoms with Gasteiger partial charge in [-0.05, 0) is 23.6 Å². The third kappa shape index (κ3) is 5.31. The van der Waals surface area contributed by atoms with Crippen LogP contribution in [-0.2, 0) is 11.2 Å². The number of nitrogen functional groups attached to an aromatic ring is 1. The number of nitrogens with zero attached hydrogens (tertiary/aromatic N) is 2. The van der Waals surface area contributed by atoms with Gasteiger partial charge in [-0.25, -0.2) is 0 Å². The fraction of sp³-hybridized carbons (Fsp3) is 0.250. The Morgan fingerprint density at radius 3 is 2.52 bits per heavy atom. The van der Waals surface area contributed by atoms with Crippen molar-refractivity contribution in [3.8, 4) is 11.4 Å². The molecule has 0 atom stereocenters. The average molecular weight is 387 g/mol. The molecule has 0 saturated heterocycles. The van der Waals surface area contributed by atoms with Gasteiger partial charge in [0.05, 0.1) is 11.4 Å². The highest BCUT2D eigenvalue weighted by Crippen LogP contribution is 2.21. The van der Waals surface area contributed by atoms with Crippen molar-refractivity contribution in [2.45, 2.75) is 32.6 Å². The van der Waals surface area contributed by atoms with Gasteiger partial charge < -0.3 is 15.6 Å². The Morgan fingerprint density at radius 1 is 1.15 bits per heavy atom. The number of benzene rings is 2. The van der Waals surface area contributed by atoms with Crippen molar-refractivity contribution in [2.75, 3.05) is 11.1 Å². The minimum absolute atomic E-state index is 0. The highest BCUT2D eigenvalue weighted by Gasteiger charge is 2.12. The van der Waals surface area contributed by atoms with Crippen molar-refractivity contribution < 1.29 is 9.32 Å². The third-order valence-electron chi connectivity index (χ3n) is 4.10. The number of anilines is 2. The zero-order valence-corrected chi connectivity index (χ0v) is 16.1. The molecule has 142 valence electrons. The molecule has 0 aliphatic rings. The lowest BCUT2D eigenvalue weighted by Gasteiger charge is -2.06. The monoisotopic (exact) mass is 386 g/mol. The molecule has 0 spiro atoms. The molecule has 1 amide bonds. The van der Waals surface area contributed by atoms with Gasteiger partial charge in [-0.1, -0.05) is 55.4 Å². The van der Waals surface area contributed by atoms with E-state index in [0.717, 1.165) is 5.56 Å². The predicted molar refractivity (Wildman–Crippen MR) is 109 cm³/mol. The maximum atomic E-state index is 12.1. The van der Waals surface area contributed by atoms with Crippen LogP contribution in [0.15, 0.2) is 53.1 Å². The molecular formula is C20H23ClN4O2. The molecule has 0 unspecified atom stereocenters. The van der Waals surface area contributed by atoms with E-state index >= 15 is 0 Å². The molecule has 0 saturated carbocycles. The molecule has 7 heteroatoms. The van der Waals surface area contributed by atoms with Crippen LogP contribution in [0.1, 0.15) is 37.6 Å². The first kappa shape index (κ1) is 20.5. The van der Waals surface area contributed by atoms with Gasteiger partial charge in [0.15, 0.2) is 0 Å². The SMILES string of the molecule is CC(C)c1ccc(-c2noc(CCC(=O)Nc3ccccc3N)n2)cc1.Cl. The summed E-state index contributed by atoms with van der Waals surface area (Å²) < 4.78 is 5.26. The van der Waals surface area contributed by atoms with Crippen LogP contribution in [0.2, 0.25) is 0 Å². The Morgan fingerprint density at radius 2 is 1.85 bits per heavy atom. The van der Waals surface area contributed by atoms with E-state index in [1.807, 2.05) is 24.3 Å². The lowest BCUT2D eigenvalue weighted by Crippen LogP contribution is -2.13. The van der Waals surface area contributed by atoms with Crippen molar-refractivity contribution in [3.05, 3.63) is 60.0 Å². The van der Waals surface area contributed by atoms with E-state index in [-0.39, 0.29) is 24.7 Å². The molecule has 3 rings (SSSR count). The summed E-state index contributed by atoms with van der Waals surface area (Å²) in [5, 5.41) is 6.78. The first-order valence-electron chi connectivity index (χ1n) is 8.60. The Kier molecular flexibility index (Phi) is 6.96. The summed E-state index contributed by atoms with van der Waals surface area (Å²) in [5.41, 5.74) is 9.11. The van der Waals surface area contributed by atoms with Gasteiger partial charge in [0, 0.05) is 18.4 Å². The van der Waals surface area contributed by atoms with Crippen LogP contribution in [0, 0.1) is 0 Å². The van der Waals surface area contributed by atoms with Crippen molar-refractivity contribution in [1.29, 1.82) is 0 Å². The first-order valence-corrected chi connectivity index (χ1v) is 8.60. The zero-order chi connectivity index (χ0) is 18.5. The molecule has 27 heavy (non-hydrogen) atoms. The molecule has 0 aliphatic heterocycles. The fourth-order valence-corrected chi connectivity index (χ4v) is 2.53. The van der Waals surface area contributed by atoms with Crippen molar-refractivity contribution in [2.24, 2.45) is 0 Å². The number of nitrogens with two attached hydrogens (primary N) is 1. The number of rotatable bonds is 6. The number of carbonyl (C=O) groups excluding carboxylic acids is 1. The molecule has 3 aromatic rings. The Labute approximate surface area is 164 Å². The summed E-state index contributed by atoms with van der Waals surface area (Å²) in [6.45, 7) is 4.30. The number of nitrogens with one attached hydrogen (secondary N) is 1.